The number of aromatic nitrogens is 2. The van der Waals surface area contributed by atoms with Gasteiger partial charge in [-0.15, -0.1) is 0 Å². The lowest BCUT2D eigenvalue weighted by atomic mass is 9.97. The SMILES string of the molecule is CCCC(=O)N1CCCC(C(=O)Nc2nc3cc(C(F)(F)F)ccc3n2Cc2ccco2)C1. The zero-order valence-electron chi connectivity index (χ0n) is 18.2. The zero-order valence-corrected chi connectivity index (χ0v) is 18.2. The van der Waals surface area contributed by atoms with Crippen LogP contribution in [0.5, 0.6) is 0 Å². The first-order valence-corrected chi connectivity index (χ1v) is 10.9. The molecular weight excluding hydrogens is 437 g/mol. The largest absolute Gasteiger partial charge is 0.467 e. The van der Waals surface area contributed by atoms with Crippen LogP contribution >= 0.6 is 0 Å². The van der Waals surface area contributed by atoms with Crippen molar-refractivity contribution in [1.29, 1.82) is 0 Å². The number of benzene rings is 1. The molecule has 33 heavy (non-hydrogen) atoms. The third-order valence-electron chi connectivity index (χ3n) is 5.81. The summed E-state index contributed by atoms with van der Waals surface area (Å²) in [6.45, 7) is 3.07. The number of furan rings is 1. The Hall–Kier alpha value is -3.30. The molecule has 176 valence electrons. The Bertz CT molecular complexity index is 1140. The van der Waals surface area contributed by atoms with Crippen LogP contribution in [0.15, 0.2) is 41.0 Å². The van der Waals surface area contributed by atoms with Crippen molar-refractivity contribution in [2.75, 3.05) is 18.4 Å². The van der Waals surface area contributed by atoms with E-state index >= 15 is 0 Å². The first-order chi connectivity index (χ1) is 15.8. The summed E-state index contributed by atoms with van der Waals surface area (Å²) >= 11 is 0. The molecule has 7 nitrogen and oxygen atoms in total. The Morgan fingerprint density at radius 1 is 1.27 bits per heavy atom. The molecule has 1 N–H and O–H groups in total. The van der Waals surface area contributed by atoms with Crippen LogP contribution in [0.2, 0.25) is 0 Å². The van der Waals surface area contributed by atoms with E-state index in [0.29, 0.717) is 43.6 Å². The molecule has 0 aliphatic carbocycles. The highest BCUT2D eigenvalue weighted by Crippen LogP contribution is 2.32. The molecule has 2 aromatic heterocycles. The molecule has 1 aromatic carbocycles. The van der Waals surface area contributed by atoms with Crippen molar-refractivity contribution in [3.8, 4) is 0 Å². The van der Waals surface area contributed by atoms with E-state index in [9.17, 15) is 22.8 Å². The van der Waals surface area contributed by atoms with E-state index in [-0.39, 0.29) is 29.8 Å². The summed E-state index contributed by atoms with van der Waals surface area (Å²) in [5.74, 6) is 0.0133. The van der Waals surface area contributed by atoms with Gasteiger partial charge in [0, 0.05) is 19.5 Å². The number of amides is 2. The molecule has 3 aromatic rings. The van der Waals surface area contributed by atoms with Gasteiger partial charge in [-0.2, -0.15) is 13.2 Å². The van der Waals surface area contributed by atoms with Crippen molar-refractivity contribution in [2.45, 2.75) is 45.3 Å². The second kappa shape index (κ2) is 9.29. The van der Waals surface area contributed by atoms with Crippen LogP contribution in [0.3, 0.4) is 0 Å². The van der Waals surface area contributed by atoms with Crippen LogP contribution in [0.1, 0.15) is 43.9 Å². The second-order valence-electron chi connectivity index (χ2n) is 8.22. The molecule has 4 rings (SSSR count). The first kappa shape index (κ1) is 22.9. The summed E-state index contributed by atoms with van der Waals surface area (Å²) in [7, 11) is 0. The minimum absolute atomic E-state index is 0.0275. The molecule has 1 aliphatic rings. The summed E-state index contributed by atoms with van der Waals surface area (Å²) in [5.41, 5.74) is -0.249. The van der Waals surface area contributed by atoms with Crippen molar-refractivity contribution < 1.29 is 27.2 Å². The molecule has 1 aliphatic heterocycles. The molecule has 1 unspecified atom stereocenters. The van der Waals surface area contributed by atoms with Gasteiger partial charge >= 0.3 is 6.18 Å². The van der Waals surface area contributed by atoms with E-state index in [2.05, 4.69) is 10.3 Å². The van der Waals surface area contributed by atoms with Gasteiger partial charge in [-0.1, -0.05) is 6.92 Å². The van der Waals surface area contributed by atoms with Crippen LogP contribution in [0.25, 0.3) is 11.0 Å². The van der Waals surface area contributed by atoms with Crippen LogP contribution in [-0.2, 0) is 22.3 Å². The molecule has 1 saturated heterocycles. The smallest absolute Gasteiger partial charge is 0.416 e. The zero-order chi connectivity index (χ0) is 23.6. The van der Waals surface area contributed by atoms with Crippen molar-refractivity contribution in [3.05, 3.63) is 47.9 Å². The monoisotopic (exact) mass is 462 g/mol. The fraction of sp³-hybridized carbons (Fsp3) is 0.435. The maximum Gasteiger partial charge on any atom is 0.416 e. The fourth-order valence-electron chi connectivity index (χ4n) is 4.12. The normalized spacial score (nSPS) is 16.8. The predicted molar refractivity (Wildman–Crippen MR) is 115 cm³/mol. The highest BCUT2D eigenvalue weighted by molar-refractivity contribution is 5.94. The third-order valence-corrected chi connectivity index (χ3v) is 5.81. The number of halogens is 3. The van der Waals surface area contributed by atoms with Gasteiger partial charge in [0.15, 0.2) is 0 Å². The van der Waals surface area contributed by atoms with Gasteiger partial charge in [0.05, 0.1) is 35.3 Å². The number of anilines is 1. The number of carbonyl (C=O) groups excluding carboxylic acids is 2. The molecule has 2 amide bonds. The van der Waals surface area contributed by atoms with Gasteiger partial charge in [0.1, 0.15) is 5.76 Å². The average Bonchev–Trinajstić information content (AvgIpc) is 3.41. The number of rotatable bonds is 6. The van der Waals surface area contributed by atoms with Crippen LogP contribution in [0.4, 0.5) is 19.1 Å². The van der Waals surface area contributed by atoms with E-state index in [1.807, 2.05) is 6.92 Å². The Morgan fingerprint density at radius 3 is 2.79 bits per heavy atom. The lowest BCUT2D eigenvalue weighted by Gasteiger charge is -2.32. The maximum absolute atomic E-state index is 13.2. The quantitative estimate of drug-likeness (QED) is 0.577. The summed E-state index contributed by atoms with van der Waals surface area (Å²) in [4.78, 5) is 31.3. The molecule has 0 bridgehead atoms. The van der Waals surface area contributed by atoms with Crippen LogP contribution in [-0.4, -0.2) is 39.4 Å². The maximum atomic E-state index is 13.2. The number of hydrogen-bond acceptors (Lipinski definition) is 4. The first-order valence-electron chi connectivity index (χ1n) is 10.9. The Balaban J connectivity index is 1.61. The molecule has 1 fully saturated rings. The molecule has 0 saturated carbocycles. The second-order valence-corrected chi connectivity index (χ2v) is 8.22. The van der Waals surface area contributed by atoms with Crippen LogP contribution < -0.4 is 5.32 Å². The molecular formula is C23H25F3N4O3. The number of alkyl halides is 3. The summed E-state index contributed by atoms with van der Waals surface area (Å²) in [6, 6.07) is 6.75. The van der Waals surface area contributed by atoms with Crippen LogP contribution in [0, 0.1) is 5.92 Å². The number of piperidine rings is 1. The summed E-state index contributed by atoms with van der Waals surface area (Å²) in [5, 5.41) is 2.78. The predicted octanol–water partition coefficient (Wildman–Crippen LogP) is 4.67. The van der Waals surface area contributed by atoms with E-state index < -0.39 is 17.7 Å². The van der Waals surface area contributed by atoms with Gasteiger partial charge in [-0.05, 0) is 49.6 Å². The molecule has 3 heterocycles. The number of nitrogens with zero attached hydrogens (tertiary/aromatic N) is 3. The van der Waals surface area contributed by atoms with E-state index in [1.54, 1.807) is 21.6 Å². The lowest BCUT2D eigenvalue weighted by Crippen LogP contribution is -2.43. The molecule has 0 spiro atoms. The van der Waals surface area contributed by atoms with Crippen molar-refractivity contribution in [3.63, 3.8) is 0 Å². The summed E-state index contributed by atoms with van der Waals surface area (Å²) < 4.78 is 46.6. The Kier molecular flexibility index (Phi) is 6.44. The minimum Gasteiger partial charge on any atom is -0.467 e. The van der Waals surface area contributed by atoms with Crippen molar-refractivity contribution in [1.82, 2.24) is 14.5 Å². The standard InChI is InChI=1S/C23H25F3N4O3/c1-2-5-20(31)29-10-3-6-15(13-29)21(32)28-22-27-18-12-16(23(24,25)26)8-9-19(18)30(22)14-17-7-4-11-33-17/h4,7-9,11-12,15H,2-3,5-6,10,13-14H2,1H3,(H,27,28,32). The highest BCUT2D eigenvalue weighted by Gasteiger charge is 2.32. The molecule has 1 atom stereocenters. The fourth-order valence-corrected chi connectivity index (χ4v) is 4.12. The van der Waals surface area contributed by atoms with E-state index in [0.717, 1.165) is 18.6 Å². The van der Waals surface area contributed by atoms with Gasteiger partial charge in [0.25, 0.3) is 0 Å². The number of fused-ring (bicyclic) bond motifs is 1. The molecule has 10 heteroatoms. The van der Waals surface area contributed by atoms with Gasteiger partial charge in [-0.25, -0.2) is 4.98 Å². The van der Waals surface area contributed by atoms with E-state index in [1.165, 1.54) is 12.3 Å². The number of nitrogens with one attached hydrogen (secondary N) is 1. The summed E-state index contributed by atoms with van der Waals surface area (Å²) in [6.07, 6.45) is -0.487. The average molecular weight is 462 g/mol. The van der Waals surface area contributed by atoms with Crippen molar-refractivity contribution in [2.24, 2.45) is 5.92 Å². The van der Waals surface area contributed by atoms with E-state index in [4.69, 9.17) is 4.42 Å². The Morgan fingerprint density at radius 2 is 2.09 bits per heavy atom. The van der Waals surface area contributed by atoms with Crippen molar-refractivity contribution >= 4 is 28.8 Å². The molecule has 0 radical (unpaired) electrons. The van der Waals surface area contributed by atoms with Gasteiger partial charge in [0.2, 0.25) is 17.8 Å². The number of hydrogen-bond donors (Lipinski definition) is 1. The topological polar surface area (TPSA) is 80.4 Å². The highest BCUT2D eigenvalue weighted by atomic mass is 19.4. The third kappa shape index (κ3) is 5.04. The lowest BCUT2D eigenvalue weighted by molar-refractivity contribution is -0.137. The number of carbonyl (C=O) groups is 2. The number of likely N-dealkylation sites (tertiary alicyclic amines) is 1. The minimum atomic E-state index is -4.50. The van der Waals surface area contributed by atoms with Gasteiger partial charge in [-0.3, -0.25) is 14.9 Å². The Labute approximate surface area is 188 Å². The van der Waals surface area contributed by atoms with Gasteiger partial charge < -0.3 is 13.9 Å². The number of imidazole rings is 1.